The lowest BCUT2D eigenvalue weighted by molar-refractivity contribution is -0.0660. The maximum atomic E-state index is 15.2. The molecule has 3 fully saturated rings. The van der Waals surface area contributed by atoms with Crippen molar-refractivity contribution in [2.24, 2.45) is 0 Å². The number of hydrogen-bond acceptors (Lipinski definition) is 11. The third-order valence-electron chi connectivity index (χ3n) is 8.96. The van der Waals surface area contributed by atoms with Gasteiger partial charge in [0.1, 0.15) is 29.9 Å². The highest BCUT2D eigenvalue weighted by atomic mass is 19.1. The number of ether oxygens (including phenoxy) is 2. The molecule has 4 aromatic rings. The summed E-state index contributed by atoms with van der Waals surface area (Å²) in [4.78, 5) is 32.3. The van der Waals surface area contributed by atoms with Gasteiger partial charge in [-0.1, -0.05) is 0 Å². The molecule has 3 saturated heterocycles. The van der Waals surface area contributed by atoms with E-state index in [-0.39, 0.29) is 30.2 Å². The van der Waals surface area contributed by atoms with Gasteiger partial charge < -0.3 is 24.6 Å². The molecule has 242 valence electrons. The van der Waals surface area contributed by atoms with Crippen LogP contribution in [0.15, 0.2) is 55.0 Å². The van der Waals surface area contributed by atoms with Gasteiger partial charge in [-0.25, -0.2) is 14.4 Å². The molecule has 0 saturated carbocycles. The van der Waals surface area contributed by atoms with Crippen LogP contribution in [0.2, 0.25) is 0 Å². The average Bonchev–Trinajstić information content (AvgIpc) is 3.51. The third kappa shape index (κ3) is 6.58. The number of aromatic nitrogens is 5. The minimum Gasteiger partial charge on any atom is -0.486 e. The third-order valence-corrected chi connectivity index (χ3v) is 8.96. The van der Waals surface area contributed by atoms with Crippen LogP contribution in [-0.4, -0.2) is 112 Å². The van der Waals surface area contributed by atoms with E-state index in [1.54, 1.807) is 31.3 Å². The number of carbonyl (C=O) groups excluding carboxylic acids is 1. The first kappa shape index (κ1) is 30.5. The normalized spacial score (nSPS) is 20.4. The van der Waals surface area contributed by atoms with E-state index in [1.165, 1.54) is 16.9 Å². The van der Waals surface area contributed by atoms with Gasteiger partial charge >= 0.3 is 0 Å². The molecule has 0 radical (unpaired) electrons. The number of piperidine rings is 1. The molecule has 13 nitrogen and oxygen atoms in total. The first-order chi connectivity index (χ1) is 22.9. The van der Waals surface area contributed by atoms with Gasteiger partial charge in [0.2, 0.25) is 5.95 Å². The smallest absolute Gasteiger partial charge is 0.272 e. The van der Waals surface area contributed by atoms with Crippen LogP contribution in [0.1, 0.15) is 28.0 Å². The van der Waals surface area contributed by atoms with Crippen molar-refractivity contribution in [2.75, 3.05) is 62.7 Å². The number of H-pyrrole nitrogens is 1. The van der Waals surface area contributed by atoms with Crippen LogP contribution >= 0.6 is 0 Å². The van der Waals surface area contributed by atoms with E-state index in [1.807, 2.05) is 12.1 Å². The number of aryl methyl sites for hydroxylation is 1. The number of amides is 1. The topological polar surface area (TPSA) is 148 Å². The molecule has 0 aliphatic carbocycles. The average molecular weight is 639 g/mol. The van der Waals surface area contributed by atoms with Crippen LogP contribution in [0.3, 0.4) is 0 Å². The minimum atomic E-state index is -1.42. The zero-order valence-electron chi connectivity index (χ0n) is 26.0. The van der Waals surface area contributed by atoms with Gasteiger partial charge in [-0.2, -0.15) is 15.3 Å². The zero-order valence-corrected chi connectivity index (χ0v) is 26.0. The largest absolute Gasteiger partial charge is 0.486 e. The van der Waals surface area contributed by atoms with Crippen molar-refractivity contribution < 1.29 is 18.7 Å². The second-order valence-corrected chi connectivity index (χ2v) is 12.0. The number of piperazine rings is 1. The summed E-state index contributed by atoms with van der Waals surface area (Å²) in [6.45, 7) is 7.70. The number of nitrogens with one attached hydrogen (secondary N) is 2. The summed E-state index contributed by atoms with van der Waals surface area (Å²) in [5, 5.41) is 19.7. The fraction of sp³-hybridized carbons (Fsp3) is 0.394. The summed E-state index contributed by atoms with van der Waals surface area (Å²) in [5.74, 6) is 0.709. The fourth-order valence-electron chi connectivity index (χ4n) is 6.10. The maximum absolute atomic E-state index is 15.2. The molecule has 3 aliphatic heterocycles. The SMILES string of the molecule is Cc1cn[nH]c1C(=O)N1CC[C@H](Oc2ccc(-c3ncnc(Nc4ccc(N5CCN(C6COC6)CC5)cc4)n3)cc2C#N)[C@@H](F)C1. The number of nitrogens with zero attached hydrogens (tertiary/aromatic N) is 8. The lowest BCUT2D eigenvalue weighted by atomic mass is 10.0. The molecule has 2 aromatic carbocycles. The van der Waals surface area contributed by atoms with Gasteiger partial charge in [0.15, 0.2) is 12.0 Å². The first-order valence-corrected chi connectivity index (χ1v) is 15.7. The number of aromatic amines is 1. The number of anilines is 3. The molecule has 5 heterocycles. The van der Waals surface area contributed by atoms with Gasteiger partial charge in [-0.3, -0.25) is 14.8 Å². The Kier molecular flexibility index (Phi) is 8.64. The van der Waals surface area contributed by atoms with Crippen molar-refractivity contribution in [3.63, 3.8) is 0 Å². The Morgan fingerprint density at radius 1 is 1.11 bits per heavy atom. The molecule has 2 atom stereocenters. The monoisotopic (exact) mass is 638 g/mol. The Morgan fingerprint density at radius 3 is 2.60 bits per heavy atom. The lowest BCUT2D eigenvalue weighted by Crippen LogP contribution is -2.56. The van der Waals surface area contributed by atoms with Gasteiger partial charge in [0, 0.05) is 56.1 Å². The number of likely N-dealkylation sites (tertiary alicyclic amines) is 1. The van der Waals surface area contributed by atoms with Crippen molar-refractivity contribution in [3.05, 3.63) is 71.8 Å². The van der Waals surface area contributed by atoms with Crippen LogP contribution in [-0.2, 0) is 4.74 Å². The summed E-state index contributed by atoms with van der Waals surface area (Å²) in [6, 6.07) is 15.9. The molecule has 0 bridgehead atoms. The molecule has 7 rings (SSSR count). The van der Waals surface area contributed by atoms with E-state index in [0.717, 1.165) is 45.1 Å². The Labute approximate surface area is 271 Å². The van der Waals surface area contributed by atoms with Gasteiger partial charge in [-0.15, -0.1) is 0 Å². The molecular formula is C33H35FN10O3. The van der Waals surface area contributed by atoms with Gasteiger partial charge in [-0.05, 0) is 55.0 Å². The van der Waals surface area contributed by atoms with Crippen molar-refractivity contribution in [2.45, 2.75) is 31.7 Å². The van der Waals surface area contributed by atoms with E-state index in [2.05, 4.69) is 58.5 Å². The number of benzene rings is 2. The Morgan fingerprint density at radius 2 is 1.91 bits per heavy atom. The highest BCUT2D eigenvalue weighted by Gasteiger charge is 2.35. The van der Waals surface area contributed by atoms with E-state index in [0.29, 0.717) is 41.2 Å². The predicted octanol–water partition coefficient (Wildman–Crippen LogP) is 3.34. The van der Waals surface area contributed by atoms with Crippen LogP contribution in [0.4, 0.5) is 21.7 Å². The highest BCUT2D eigenvalue weighted by molar-refractivity contribution is 5.93. The minimum absolute atomic E-state index is 0.112. The van der Waals surface area contributed by atoms with Gasteiger partial charge in [0.05, 0.1) is 37.6 Å². The number of rotatable bonds is 8. The summed E-state index contributed by atoms with van der Waals surface area (Å²) in [6.07, 6.45) is 1.03. The van der Waals surface area contributed by atoms with Crippen molar-refractivity contribution in [1.29, 1.82) is 5.26 Å². The van der Waals surface area contributed by atoms with Crippen LogP contribution < -0.4 is 15.0 Å². The molecule has 1 amide bonds. The van der Waals surface area contributed by atoms with E-state index in [9.17, 15) is 10.1 Å². The summed E-state index contributed by atoms with van der Waals surface area (Å²) in [5.41, 5.74) is 3.89. The van der Waals surface area contributed by atoms with Crippen LogP contribution in [0, 0.1) is 18.3 Å². The molecule has 0 unspecified atom stereocenters. The second kappa shape index (κ2) is 13.3. The Bertz CT molecular complexity index is 1760. The quantitative estimate of drug-likeness (QED) is 0.293. The first-order valence-electron chi connectivity index (χ1n) is 15.7. The molecular weight excluding hydrogens is 603 g/mol. The van der Waals surface area contributed by atoms with Crippen molar-refractivity contribution >= 4 is 23.2 Å². The van der Waals surface area contributed by atoms with E-state index >= 15 is 4.39 Å². The van der Waals surface area contributed by atoms with E-state index < -0.39 is 12.3 Å². The van der Waals surface area contributed by atoms with Crippen molar-refractivity contribution in [3.8, 4) is 23.2 Å². The molecule has 3 aliphatic rings. The highest BCUT2D eigenvalue weighted by Crippen LogP contribution is 2.29. The van der Waals surface area contributed by atoms with E-state index in [4.69, 9.17) is 9.47 Å². The summed E-state index contributed by atoms with van der Waals surface area (Å²) in [7, 11) is 0. The number of hydrogen-bond donors (Lipinski definition) is 2. The number of nitriles is 1. The standard InChI is InChI=1S/C33H35FN10O3/c1-21-16-38-41-30(21)32(45)44-9-8-29(27(34)17-44)47-28-7-2-22(14-23(28)15-35)31-36-20-37-33(40-31)39-24-3-5-25(6-4-24)42-10-12-43(13-11-42)26-18-46-19-26/h2-7,14,16,20,26-27,29H,8-13,17-19H2,1H3,(H,38,41)(H,36,37,39,40)/t27-,29-/m0/s1. The lowest BCUT2D eigenvalue weighted by Gasteiger charge is -2.43. The second-order valence-electron chi connectivity index (χ2n) is 12.0. The summed E-state index contributed by atoms with van der Waals surface area (Å²) < 4.78 is 26.5. The van der Waals surface area contributed by atoms with Crippen LogP contribution in [0.5, 0.6) is 5.75 Å². The number of carbonyl (C=O) groups is 1. The predicted molar refractivity (Wildman–Crippen MR) is 171 cm³/mol. The number of halogens is 1. The van der Waals surface area contributed by atoms with Gasteiger partial charge in [0.25, 0.3) is 5.91 Å². The van der Waals surface area contributed by atoms with Crippen molar-refractivity contribution in [1.82, 2.24) is 34.9 Å². The Balaban J connectivity index is 0.967. The maximum Gasteiger partial charge on any atom is 0.272 e. The molecule has 47 heavy (non-hydrogen) atoms. The Hall–Kier alpha value is -5.13. The molecule has 2 aromatic heterocycles. The molecule has 0 spiro atoms. The summed E-state index contributed by atoms with van der Waals surface area (Å²) >= 11 is 0. The van der Waals surface area contributed by atoms with Crippen LogP contribution in [0.25, 0.3) is 11.4 Å². The molecule has 14 heteroatoms. The number of alkyl halides is 1. The fourth-order valence-corrected chi connectivity index (χ4v) is 6.10. The molecule has 2 N–H and O–H groups in total. The zero-order chi connectivity index (χ0) is 32.3.